The van der Waals surface area contributed by atoms with Gasteiger partial charge in [-0.3, -0.25) is 4.98 Å². The summed E-state index contributed by atoms with van der Waals surface area (Å²) in [7, 11) is -1.80. The summed E-state index contributed by atoms with van der Waals surface area (Å²) in [6, 6.07) is 1.68. The van der Waals surface area contributed by atoms with E-state index in [1.54, 1.807) is 30.9 Å². The maximum atomic E-state index is 10.3. The lowest BCUT2D eigenvalue weighted by Crippen LogP contribution is -2.40. The van der Waals surface area contributed by atoms with E-state index in [1.165, 1.54) is 0 Å². The Bertz CT molecular complexity index is 1010. The van der Waals surface area contributed by atoms with Crippen LogP contribution in [0.3, 0.4) is 0 Å². The second kappa shape index (κ2) is 7.14. The van der Waals surface area contributed by atoms with Crippen molar-refractivity contribution in [2.45, 2.75) is 38.9 Å². The van der Waals surface area contributed by atoms with Gasteiger partial charge in [-0.15, -0.1) is 0 Å². The first-order valence-electron chi connectivity index (χ1n) is 8.70. The van der Waals surface area contributed by atoms with Gasteiger partial charge < -0.3 is 13.9 Å². The zero-order valence-electron chi connectivity index (χ0n) is 16.2. The van der Waals surface area contributed by atoms with E-state index in [0.717, 1.165) is 0 Å². The largest absolute Gasteiger partial charge is 0.504 e. The van der Waals surface area contributed by atoms with Gasteiger partial charge in [0.1, 0.15) is 0 Å². The van der Waals surface area contributed by atoms with E-state index in [2.05, 4.69) is 60.7 Å². The standard InChI is InChI=1S/C20H23N3O3Si/c1-20(2,3)27(4,5)25-10-6-7-14-11-22-19(23-12-14)18-17(24)15-8-9-21-13-16(15)26-18/h8-9,11-13,24H,10H2,1-5H3. The van der Waals surface area contributed by atoms with Gasteiger partial charge in [0.15, 0.2) is 25.5 Å². The summed E-state index contributed by atoms with van der Waals surface area (Å²) in [6.07, 6.45) is 6.34. The van der Waals surface area contributed by atoms with Gasteiger partial charge in [0.25, 0.3) is 0 Å². The predicted octanol–water partition coefficient (Wildman–Crippen LogP) is 4.36. The minimum atomic E-state index is -1.80. The van der Waals surface area contributed by atoms with Crippen molar-refractivity contribution in [3.63, 3.8) is 0 Å². The summed E-state index contributed by atoms with van der Waals surface area (Å²) in [6.45, 7) is 11.4. The molecule has 6 nitrogen and oxygen atoms in total. The first-order chi connectivity index (χ1) is 12.7. The summed E-state index contributed by atoms with van der Waals surface area (Å²) in [5, 5.41) is 11.0. The molecule has 0 bridgehead atoms. The van der Waals surface area contributed by atoms with Gasteiger partial charge in [-0.25, -0.2) is 9.97 Å². The van der Waals surface area contributed by atoms with E-state index in [-0.39, 0.29) is 16.5 Å². The Balaban J connectivity index is 1.72. The lowest BCUT2D eigenvalue weighted by molar-refractivity contribution is 0.334. The molecule has 0 aromatic carbocycles. The van der Waals surface area contributed by atoms with Crippen molar-refractivity contribution in [1.29, 1.82) is 0 Å². The third-order valence-corrected chi connectivity index (χ3v) is 9.34. The molecule has 3 heterocycles. The van der Waals surface area contributed by atoms with Crippen molar-refractivity contribution < 1.29 is 13.9 Å². The van der Waals surface area contributed by atoms with Gasteiger partial charge in [-0.2, -0.15) is 0 Å². The summed E-state index contributed by atoms with van der Waals surface area (Å²) in [5.74, 6) is 6.56. The average molecular weight is 382 g/mol. The van der Waals surface area contributed by atoms with Gasteiger partial charge in [-0.1, -0.05) is 32.6 Å². The quantitative estimate of drug-likeness (QED) is 0.536. The molecule has 0 fully saturated rings. The first-order valence-corrected chi connectivity index (χ1v) is 11.6. The molecular formula is C20H23N3O3Si. The van der Waals surface area contributed by atoms with Crippen molar-refractivity contribution in [2.75, 3.05) is 6.61 Å². The van der Waals surface area contributed by atoms with Crippen LogP contribution in [-0.4, -0.2) is 35.0 Å². The molecular weight excluding hydrogens is 358 g/mol. The molecule has 27 heavy (non-hydrogen) atoms. The molecule has 3 aromatic rings. The van der Waals surface area contributed by atoms with E-state index in [4.69, 9.17) is 8.84 Å². The summed E-state index contributed by atoms with van der Waals surface area (Å²) in [4.78, 5) is 12.5. The Morgan fingerprint density at radius 3 is 2.52 bits per heavy atom. The van der Waals surface area contributed by atoms with E-state index >= 15 is 0 Å². The topological polar surface area (TPSA) is 81.3 Å². The molecule has 3 rings (SSSR count). The van der Waals surface area contributed by atoms with Gasteiger partial charge in [0.05, 0.1) is 23.8 Å². The predicted molar refractivity (Wildman–Crippen MR) is 107 cm³/mol. The van der Waals surface area contributed by atoms with Crippen LogP contribution in [0.4, 0.5) is 0 Å². The molecule has 140 valence electrons. The summed E-state index contributed by atoms with van der Waals surface area (Å²) in [5.41, 5.74) is 1.16. The second-order valence-corrected chi connectivity index (χ2v) is 12.6. The molecule has 1 N–H and O–H groups in total. The van der Waals surface area contributed by atoms with E-state index in [0.29, 0.717) is 29.0 Å². The number of hydrogen-bond acceptors (Lipinski definition) is 6. The SMILES string of the molecule is CC(C)(C)[Si](C)(C)OCC#Cc1cnc(-c2oc3cnccc3c2O)nc1. The monoisotopic (exact) mass is 381 g/mol. The number of furan rings is 1. The molecule has 7 heteroatoms. The fourth-order valence-corrected chi connectivity index (χ4v) is 3.04. The Morgan fingerprint density at radius 2 is 1.89 bits per heavy atom. The Labute approximate surface area is 159 Å². The number of pyridine rings is 1. The normalized spacial score (nSPS) is 12.0. The van der Waals surface area contributed by atoms with Gasteiger partial charge >= 0.3 is 0 Å². The number of aromatic nitrogens is 3. The zero-order valence-corrected chi connectivity index (χ0v) is 17.2. The highest BCUT2D eigenvalue weighted by Crippen LogP contribution is 2.37. The van der Waals surface area contributed by atoms with E-state index in [9.17, 15) is 5.11 Å². The fraction of sp³-hybridized carbons (Fsp3) is 0.350. The van der Waals surface area contributed by atoms with Crippen molar-refractivity contribution in [3.05, 3.63) is 36.4 Å². The molecule has 0 aliphatic carbocycles. The van der Waals surface area contributed by atoms with Gasteiger partial charge in [0, 0.05) is 18.6 Å². The summed E-state index contributed by atoms with van der Waals surface area (Å²) < 4.78 is 11.6. The Hall–Kier alpha value is -2.69. The highest BCUT2D eigenvalue weighted by atomic mass is 28.4. The van der Waals surface area contributed by atoms with Crippen molar-refractivity contribution in [2.24, 2.45) is 0 Å². The summed E-state index contributed by atoms with van der Waals surface area (Å²) >= 11 is 0. The van der Waals surface area contributed by atoms with Crippen LogP contribution in [-0.2, 0) is 4.43 Å². The maximum Gasteiger partial charge on any atom is 0.214 e. The Kier molecular flexibility index (Phi) is 5.04. The molecule has 0 amide bonds. The lowest BCUT2D eigenvalue weighted by atomic mass is 10.2. The number of rotatable bonds is 3. The van der Waals surface area contributed by atoms with Crippen LogP contribution in [0.2, 0.25) is 18.1 Å². The van der Waals surface area contributed by atoms with Gasteiger partial charge in [-0.05, 0) is 24.2 Å². The van der Waals surface area contributed by atoms with Crippen LogP contribution in [0.1, 0.15) is 26.3 Å². The van der Waals surface area contributed by atoms with Crippen molar-refractivity contribution in [3.8, 4) is 29.2 Å². The van der Waals surface area contributed by atoms with Crippen LogP contribution in [0.5, 0.6) is 5.75 Å². The molecule has 0 atom stereocenters. The smallest absolute Gasteiger partial charge is 0.214 e. The minimum absolute atomic E-state index is 0.00834. The number of nitrogens with zero attached hydrogens (tertiary/aromatic N) is 3. The highest BCUT2D eigenvalue weighted by molar-refractivity contribution is 6.74. The minimum Gasteiger partial charge on any atom is -0.504 e. The molecule has 0 unspecified atom stereocenters. The van der Waals surface area contributed by atoms with Crippen LogP contribution in [0, 0.1) is 11.8 Å². The fourth-order valence-electron chi connectivity index (χ4n) is 2.17. The number of fused-ring (bicyclic) bond motifs is 1. The van der Waals surface area contributed by atoms with E-state index in [1.807, 2.05) is 0 Å². The third kappa shape index (κ3) is 4.02. The van der Waals surface area contributed by atoms with Crippen LogP contribution < -0.4 is 0 Å². The van der Waals surface area contributed by atoms with Crippen molar-refractivity contribution >= 4 is 19.3 Å². The average Bonchev–Trinajstić information content (AvgIpc) is 2.95. The van der Waals surface area contributed by atoms with Crippen LogP contribution in [0.25, 0.3) is 22.6 Å². The number of hydrogen-bond donors (Lipinski definition) is 1. The molecule has 0 radical (unpaired) electrons. The van der Waals surface area contributed by atoms with Crippen LogP contribution >= 0.6 is 0 Å². The molecule has 0 aliphatic heterocycles. The van der Waals surface area contributed by atoms with E-state index < -0.39 is 8.32 Å². The first kappa shape index (κ1) is 19.1. The van der Waals surface area contributed by atoms with Crippen LogP contribution in [0.15, 0.2) is 35.3 Å². The Morgan fingerprint density at radius 1 is 1.19 bits per heavy atom. The number of aromatic hydroxyl groups is 1. The molecule has 0 saturated heterocycles. The highest BCUT2D eigenvalue weighted by Gasteiger charge is 2.36. The third-order valence-electron chi connectivity index (χ3n) is 4.87. The lowest BCUT2D eigenvalue weighted by Gasteiger charge is -2.35. The second-order valence-electron chi connectivity index (χ2n) is 7.80. The molecule has 0 saturated carbocycles. The molecule has 3 aromatic heterocycles. The zero-order chi connectivity index (χ0) is 19.7. The van der Waals surface area contributed by atoms with Crippen molar-refractivity contribution in [1.82, 2.24) is 15.0 Å². The van der Waals surface area contributed by atoms with Gasteiger partial charge in [0.2, 0.25) is 5.76 Å². The maximum absolute atomic E-state index is 10.3. The molecule has 0 spiro atoms. The molecule has 0 aliphatic rings.